The topological polar surface area (TPSA) is 94.8 Å². The van der Waals surface area contributed by atoms with E-state index in [1.807, 2.05) is 0 Å². The summed E-state index contributed by atoms with van der Waals surface area (Å²) in [5.41, 5.74) is -7.44. The summed E-state index contributed by atoms with van der Waals surface area (Å²) in [6.45, 7) is 3.08. The first kappa shape index (κ1) is 21.2. The summed E-state index contributed by atoms with van der Waals surface area (Å²) >= 11 is 0. The van der Waals surface area contributed by atoms with E-state index in [1.54, 1.807) is 13.8 Å². The number of hydrogen-bond acceptors (Lipinski definition) is 6. The molecule has 0 saturated heterocycles. The predicted octanol–water partition coefficient (Wildman–Crippen LogP) is 2.27. The van der Waals surface area contributed by atoms with Crippen LogP contribution in [0, 0.1) is 0 Å². The number of benzene rings is 1. The summed E-state index contributed by atoms with van der Waals surface area (Å²) < 4.78 is 74.4. The van der Waals surface area contributed by atoms with Crippen LogP contribution < -0.4 is 15.0 Å². The summed E-state index contributed by atoms with van der Waals surface area (Å²) in [5, 5.41) is 10.8. The van der Waals surface area contributed by atoms with E-state index < -0.39 is 43.5 Å². The summed E-state index contributed by atoms with van der Waals surface area (Å²) in [4.78, 5) is 11.7. The highest BCUT2D eigenvalue weighted by atomic mass is 32.2. The van der Waals surface area contributed by atoms with E-state index in [4.69, 9.17) is 9.47 Å². The van der Waals surface area contributed by atoms with E-state index >= 15 is 0 Å². The van der Waals surface area contributed by atoms with Gasteiger partial charge in [-0.25, -0.2) is 8.42 Å². The summed E-state index contributed by atoms with van der Waals surface area (Å²) in [7, 11) is -4.36. The van der Waals surface area contributed by atoms with Gasteiger partial charge in [0.25, 0.3) is 15.4 Å². The first-order valence-corrected chi connectivity index (χ1v) is 9.87. The van der Waals surface area contributed by atoms with Gasteiger partial charge in [0.2, 0.25) is 0 Å². The van der Waals surface area contributed by atoms with Crippen LogP contribution in [0.25, 0.3) is 0 Å². The molecule has 1 aliphatic rings. The number of sulfone groups is 1. The van der Waals surface area contributed by atoms with Crippen molar-refractivity contribution in [2.24, 2.45) is 0 Å². The zero-order valence-corrected chi connectivity index (χ0v) is 16.4. The van der Waals surface area contributed by atoms with Crippen LogP contribution in [0.2, 0.25) is 0 Å². The average molecular weight is 433 g/mol. The Morgan fingerprint density at radius 1 is 1.24 bits per heavy atom. The van der Waals surface area contributed by atoms with Crippen LogP contribution in [-0.2, 0) is 9.84 Å². The second kappa shape index (κ2) is 6.77. The molecule has 29 heavy (non-hydrogen) atoms. The number of aromatic nitrogens is 1. The third kappa shape index (κ3) is 3.38. The largest absolute Gasteiger partial charge is 0.501 e. The maximum Gasteiger partial charge on any atom is 0.501 e. The number of alkyl halides is 3. The molecule has 0 unspecified atom stereocenters. The minimum Gasteiger partial charge on any atom is -0.491 e. The molecular formula is C18H18F3NO6S. The predicted molar refractivity (Wildman–Crippen MR) is 95.8 cm³/mol. The summed E-state index contributed by atoms with van der Waals surface area (Å²) in [6.07, 6.45) is -0.0573. The minimum absolute atomic E-state index is 0.0513. The Kier molecular flexibility index (Phi) is 4.94. The van der Waals surface area contributed by atoms with Gasteiger partial charge in [-0.2, -0.15) is 13.2 Å². The van der Waals surface area contributed by atoms with Gasteiger partial charge in [0.15, 0.2) is 5.75 Å². The van der Waals surface area contributed by atoms with Crippen molar-refractivity contribution in [3.05, 3.63) is 52.4 Å². The van der Waals surface area contributed by atoms with Crippen LogP contribution >= 0.6 is 0 Å². The molecule has 0 bridgehead atoms. The third-order valence-corrected chi connectivity index (χ3v) is 6.24. The smallest absolute Gasteiger partial charge is 0.491 e. The van der Waals surface area contributed by atoms with E-state index in [1.165, 1.54) is 25.4 Å². The van der Waals surface area contributed by atoms with E-state index in [9.17, 15) is 31.5 Å². The quantitative estimate of drug-likeness (QED) is 0.798. The molecule has 1 aliphatic heterocycles. The summed E-state index contributed by atoms with van der Waals surface area (Å²) in [5.74, 6) is 0.00533. The number of ether oxygens (including phenoxy) is 2. The molecule has 2 atom stereocenters. The number of hydrogen-bond donors (Lipinski definition) is 1. The Morgan fingerprint density at radius 2 is 1.90 bits per heavy atom. The molecule has 7 nitrogen and oxygen atoms in total. The van der Waals surface area contributed by atoms with Crippen LogP contribution in [0.4, 0.5) is 13.2 Å². The van der Waals surface area contributed by atoms with E-state index in [-0.39, 0.29) is 17.1 Å². The average Bonchev–Trinajstić information content (AvgIpc) is 2.62. The molecule has 0 fully saturated rings. The zero-order valence-electron chi connectivity index (χ0n) is 15.6. The first-order chi connectivity index (χ1) is 13.3. The Morgan fingerprint density at radius 3 is 2.48 bits per heavy atom. The van der Waals surface area contributed by atoms with Gasteiger partial charge in [-0.05, 0) is 44.2 Å². The van der Waals surface area contributed by atoms with Crippen LogP contribution in [-0.4, -0.2) is 42.4 Å². The molecule has 0 radical (unpaired) electrons. The van der Waals surface area contributed by atoms with Gasteiger partial charge >= 0.3 is 5.51 Å². The second-order valence-corrected chi connectivity index (χ2v) is 8.97. The number of aliphatic hydroxyl groups is 1. The number of halogens is 3. The molecular weight excluding hydrogens is 415 g/mol. The van der Waals surface area contributed by atoms with Crippen molar-refractivity contribution in [3.8, 4) is 11.5 Å². The van der Waals surface area contributed by atoms with Crippen LogP contribution in [0.15, 0.2) is 46.2 Å². The lowest BCUT2D eigenvalue weighted by molar-refractivity contribution is -0.0645. The maximum absolute atomic E-state index is 13.0. The van der Waals surface area contributed by atoms with Gasteiger partial charge in [0, 0.05) is 11.8 Å². The molecule has 2 heterocycles. The molecule has 3 rings (SSSR count). The van der Waals surface area contributed by atoms with E-state index in [0.717, 1.165) is 22.8 Å². The number of pyridine rings is 1. The maximum atomic E-state index is 13.0. The molecule has 1 aromatic carbocycles. The van der Waals surface area contributed by atoms with Crippen molar-refractivity contribution < 1.29 is 36.2 Å². The zero-order chi connectivity index (χ0) is 21.8. The molecule has 1 N–H and O–H groups in total. The molecule has 11 heteroatoms. The minimum atomic E-state index is -5.63. The van der Waals surface area contributed by atoms with Crippen LogP contribution in [0.5, 0.6) is 11.5 Å². The van der Waals surface area contributed by atoms with Gasteiger partial charge in [0.1, 0.15) is 17.5 Å². The second-order valence-electron chi connectivity index (χ2n) is 7.03. The molecule has 2 aromatic rings. The Hall–Kier alpha value is -2.53. The van der Waals surface area contributed by atoms with E-state index in [2.05, 4.69) is 0 Å². The van der Waals surface area contributed by atoms with Crippen molar-refractivity contribution in [1.82, 2.24) is 4.57 Å². The van der Waals surface area contributed by atoms with Crippen molar-refractivity contribution in [1.29, 1.82) is 0 Å². The van der Waals surface area contributed by atoms with Crippen LogP contribution in [0.3, 0.4) is 0 Å². The number of nitrogens with zero attached hydrogens (tertiary/aromatic N) is 1. The lowest BCUT2D eigenvalue weighted by Gasteiger charge is -2.42. The van der Waals surface area contributed by atoms with E-state index in [0.29, 0.717) is 0 Å². The molecule has 0 amide bonds. The molecule has 0 saturated carbocycles. The molecule has 0 spiro atoms. The fourth-order valence-electron chi connectivity index (χ4n) is 3.21. The van der Waals surface area contributed by atoms with Gasteiger partial charge in [-0.15, -0.1) is 0 Å². The molecule has 0 aliphatic carbocycles. The fraction of sp³-hybridized carbons (Fsp3) is 0.389. The fourth-order valence-corrected chi connectivity index (χ4v) is 4.01. The Balaban J connectivity index is 2.29. The lowest BCUT2D eigenvalue weighted by atomic mass is 9.86. The van der Waals surface area contributed by atoms with Crippen molar-refractivity contribution in [2.45, 2.75) is 42.0 Å². The standard InChI is InChI=1S/C18H18F3NO6S/c1-17(2)15(23)14(22-8-4-5-13(27-3)16(22)24)11-9-10(6-7-12(11)28-17)29(25,26)18(19,20)21/h4-9,14-15,23H,1-3H3/t14-,15+/m0/s1. The van der Waals surface area contributed by atoms with Crippen LogP contribution in [0.1, 0.15) is 25.5 Å². The first-order valence-electron chi connectivity index (χ1n) is 8.39. The number of fused-ring (bicyclic) bond motifs is 1. The monoisotopic (exact) mass is 433 g/mol. The Bertz CT molecular complexity index is 1110. The summed E-state index contributed by atoms with van der Waals surface area (Å²) in [6, 6.07) is 4.28. The third-order valence-electron chi connectivity index (χ3n) is 4.76. The van der Waals surface area contributed by atoms with Gasteiger partial charge in [-0.1, -0.05) is 0 Å². The van der Waals surface area contributed by atoms with Crippen molar-refractivity contribution in [3.63, 3.8) is 0 Å². The normalized spacial score (nSPS) is 21.2. The van der Waals surface area contributed by atoms with Crippen molar-refractivity contribution >= 4 is 9.84 Å². The highest BCUT2D eigenvalue weighted by Crippen LogP contribution is 2.43. The lowest BCUT2D eigenvalue weighted by Crippen LogP contribution is -2.52. The number of methoxy groups -OCH3 is 1. The van der Waals surface area contributed by atoms with Gasteiger partial charge in [0.05, 0.1) is 18.0 Å². The van der Waals surface area contributed by atoms with Gasteiger partial charge < -0.3 is 19.1 Å². The number of rotatable bonds is 3. The highest BCUT2D eigenvalue weighted by molar-refractivity contribution is 7.92. The number of aliphatic hydroxyl groups excluding tert-OH is 1. The molecule has 1 aromatic heterocycles. The molecule has 158 valence electrons. The van der Waals surface area contributed by atoms with Crippen molar-refractivity contribution in [2.75, 3.05) is 7.11 Å². The SMILES string of the molecule is COc1cccn([C@H]2c3cc(S(=O)(=O)C(F)(F)F)ccc3OC(C)(C)[C@@H]2O)c1=O. The Labute approximate surface area is 164 Å². The highest BCUT2D eigenvalue weighted by Gasteiger charge is 2.49. The van der Waals surface area contributed by atoms with Gasteiger partial charge in [-0.3, -0.25) is 4.79 Å².